The Morgan fingerprint density at radius 2 is 2.29 bits per heavy atom. The van der Waals surface area contributed by atoms with Crippen molar-refractivity contribution in [2.75, 3.05) is 0 Å². The van der Waals surface area contributed by atoms with Gasteiger partial charge in [-0.1, -0.05) is 0 Å². The Kier molecular flexibility index (Phi) is 1.92. The zero-order chi connectivity index (χ0) is 9.60. The fraction of sp³-hybridized carbons (Fsp3) is 0.727. The molecule has 2 N–H and O–H groups in total. The molecule has 1 aromatic heterocycles. The molecule has 0 unspecified atom stereocenters. The number of nitrogens with zero attached hydrogens (tertiary/aromatic N) is 1. The molecule has 1 heterocycles. The van der Waals surface area contributed by atoms with Crippen LogP contribution in [-0.2, 0) is 6.42 Å². The summed E-state index contributed by atoms with van der Waals surface area (Å²) in [6, 6.07) is 0. The second kappa shape index (κ2) is 3.04. The molecule has 0 aliphatic heterocycles. The maximum absolute atomic E-state index is 6.09. The second-order valence-corrected chi connectivity index (χ2v) is 5.74. The Hall–Kier alpha value is -0.410. The SMILES string of the molecule is NC1(CCc2scnc2C2CC2)CC1. The van der Waals surface area contributed by atoms with Crippen molar-refractivity contribution in [2.45, 2.75) is 50.0 Å². The first-order valence-electron chi connectivity index (χ1n) is 5.48. The molecule has 14 heavy (non-hydrogen) atoms. The third-order valence-corrected chi connectivity index (χ3v) is 4.29. The van der Waals surface area contributed by atoms with Crippen molar-refractivity contribution in [3.05, 3.63) is 16.1 Å². The number of aryl methyl sites for hydroxylation is 1. The molecule has 3 rings (SSSR count). The summed E-state index contributed by atoms with van der Waals surface area (Å²) in [7, 11) is 0. The quantitative estimate of drug-likeness (QED) is 0.825. The minimum absolute atomic E-state index is 0.199. The molecular weight excluding hydrogens is 192 g/mol. The van der Waals surface area contributed by atoms with Gasteiger partial charge in [-0.05, 0) is 38.5 Å². The van der Waals surface area contributed by atoms with Crippen LogP contribution in [0.25, 0.3) is 0 Å². The average molecular weight is 208 g/mol. The predicted octanol–water partition coefficient (Wildman–Crippen LogP) is 2.44. The standard InChI is InChI=1S/C11H16N2S/c12-11(5-6-11)4-3-9-10(8-1-2-8)13-7-14-9/h7-8H,1-6,12H2. The van der Waals surface area contributed by atoms with Crippen LogP contribution < -0.4 is 5.73 Å². The van der Waals surface area contributed by atoms with Crippen LogP contribution >= 0.6 is 11.3 Å². The number of hydrogen-bond donors (Lipinski definition) is 1. The number of nitrogens with two attached hydrogens (primary N) is 1. The van der Waals surface area contributed by atoms with Gasteiger partial charge in [-0.15, -0.1) is 11.3 Å². The van der Waals surface area contributed by atoms with E-state index in [0.29, 0.717) is 0 Å². The summed E-state index contributed by atoms with van der Waals surface area (Å²) < 4.78 is 0. The van der Waals surface area contributed by atoms with Gasteiger partial charge in [0.15, 0.2) is 0 Å². The van der Waals surface area contributed by atoms with Crippen LogP contribution in [0.2, 0.25) is 0 Å². The minimum Gasteiger partial charge on any atom is -0.325 e. The van der Waals surface area contributed by atoms with Crippen LogP contribution in [0, 0.1) is 0 Å². The maximum Gasteiger partial charge on any atom is 0.0797 e. The minimum atomic E-state index is 0.199. The Morgan fingerprint density at radius 1 is 1.50 bits per heavy atom. The van der Waals surface area contributed by atoms with Crippen LogP contribution in [0.15, 0.2) is 5.51 Å². The van der Waals surface area contributed by atoms with Crippen LogP contribution in [-0.4, -0.2) is 10.5 Å². The first-order chi connectivity index (χ1) is 6.77. The smallest absolute Gasteiger partial charge is 0.0797 e. The molecule has 2 aliphatic rings. The molecule has 0 atom stereocenters. The van der Waals surface area contributed by atoms with Crippen molar-refractivity contribution >= 4 is 11.3 Å². The topological polar surface area (TPSA) is 38.9 Å². The van der Waals surface area contributed by atoms with Crippen molar-refractivity contribution in [3.63, 3.8) is 0 Å². The van der Waals surface area contributed by atoms with Gasteiger partial charge in [-0.2, -0.15) is 0 Å². The van der Waals surface area contributed by atoms with Gasteiger partial charge in [0.25, 0.3) is 0 Å². The van der Waals surface area contributed by atoms with Crippen molar-refractivity contribution in [1.82, 2.24) is 4.98 Å². The van der Waals surface area contributed by atoms with E-state index in [9.17, 15) is 0 Å². The first-order valence-corrected chi connectivity index (χ1v) is 6.36. The van der Waals surface area contributed by atoms with Crippen molar-refractivity contribution in [1.29, 1.82) is 0 Å². The molecular formula is C11H16N2S. The van der Waals surface area contributed by atoms with E-state index in [4.69, 9.17) is 5.73 Å². The molecule has 2 nitrogen and oxygen atoms in total. The molecule has 2 fully saturated rings. The maximum atomic E-state index is 6.09. The summed E-state index contributed by atoms with van der Waals surface area (Å²) in [5, 5.41) is 0. The van der Waals surface area contributed by atoms with Crippen LogP contribution in [0.1, 0.15) is 48.6 Å². The Morgan fingerprint density at radius 3 is 2.93 bits per heavy atom. The normalized spacial score (nSPS) is 23.8. The second-order valence-electron chi connectivity index (χ2n) is 4.80. The lowest BCUT2D eigenvalue weighted by Gasteiger charge is -2.07. The third-order valence-electron chi connectivity index (χ3n) is 3.38. The lowest BCUT2D eigenvalue weighted by Crippen LogP contribution is -2.22. The molecule has 0 bridgehead atoms. The zero-order valence-corrected chi connectivity index (χ0v) is 9.15. The monoisotopic (exact) mass is 208 g/mol. The van der Waals surface area contributed by atoms with Gasteiger partial charge in [-0.25, -0.2) is 4.98 Å². The zero-order valence-electron chi connectivity index (χ0n) is 8.33. The van der Waals surface area contributed by atoms with Gasteiger partial charge in [0.2, 0.25) is 0 Å². The predicted molar refractivity (Wildman–Crippen MR) is 58.6 cm³/mol. The van der Waals surface area contributed by atoms with Gasteiger partial charge < -0.3 is 5.73 Å². The molecule has 0 radical (unpaired) electrons. The van der Waals surface area contributed by atoms with E-state index in [0.717, 1.165) is 18.8 Å². The highest BCUT2D eigenvalue weighted by Crippen LogP contribution is 2.43. The van der Waals surface area contributed by atoms with Crippen LogP contribution in [0.4, 0.5) is 0 Å². The highest BCUT2D eigenvalue weighted by molar-refractivity contribution is 7.09. The highest BCUT2D eigenvalue weighted by atomic mass is 32.1. The Balaban J connectivity index is 1.66. The van der Waals surface area contributed by atoms with Gasteiger partial charge in [0.05, 0.1) is 11.2 Å². The first kappa shape index (κ1) is 8.86. The number of aromatic nitrogens is 1. The van der Waals surface area contributed by atoms with Crippen molar-refractivity contribution in [3.8, 4) is 0 Å². The van der Waals surface area contributed by atoms with E-state index in [2.05, 4.69) is 4.98 Å². The van der Waals surface area contributed by atoms with E-state index >= 15 is 0 Å². The van der Waals surface area contributed by atoms with Crippen molar-refractivity contribution in [2.24, 2.45) is 5.73 Å². The van der Waals surface area contributed by atoms with E-state index in [1.807, 2.05) is 16.8 Å². The highest BCUT2D eigenvalue weighted by Gasteiger charge is 2.38. The molecule has 0 spiro atoms. The molecule has 76 valence electrons. The van der Waals surface area contributed by atoms with Gasteiger partial charge >= 0.3 is 0 Å². The summed E-state index contributed by atoms with van der Waals surface area (Å²) in [5.74, 6) is 0.796. The summed E-state index contributed by atoms with van der Waals surface area (Å²) in [6.07, 6.45) is 7.48. The Bertz CT molecular complexity index is 337. The fourth-order valence-corrected chi connectivity index (χ4v) is 2.78. The number of hydrogen-bond acceptors (Lipinski definition) is 3. The Labute approximate surface area is 88.5 Å². The average Bonchev–Trinajstić information content (AvgIpc) is 3.08. The van der Waals surface area contributed by atoms with Gasteiger partial charge in [-0.3, -0.25) is 0 Å². The number of rotatable bonds is 4. The summed E-state index contributed by atoms with van der Waals surface area (Å²) in [4.78, 5) is 5.98. The summed E-state index contributed by atoms with van der Waals surface area (Å²) >= 11 is 1.82. The molecule has 0 saturated heterocycles. The molecule has 0 aromatic carbocycles. The third kappa shape index (κ3) is 1.71. The fourth-order valence-electron chi connectivity index (χ4n) is 1.93. The van der Waals surface area contributed by atoms with Crippen LogP contribution in [0.3, 0.4) is 0 Å². The van der Waals surface area contributed by atoms with Crippen molar-refractivity contribution < 1.29 is 0 Å². The molecule has 2 saturated carbocycles. The molecule has 0 amide bonds. The van der Waals surface area contributed by atoms with Gasteiger partial charge in [0.1, 0.15) is 0 Å². The van der Waals surface area contributed by atoms with E-state index in [-0.39, 0.29) is 5.54 Å². The molecule has 3 heteroatoms. The van der Waals surface area contributed by atoms with E-state index in [1.165, 1.54) is 36.3 Å². The number of thiazole rings is 1. The lowest BCUT2D eigenvalue weighted by molar-refractivity contribution is 0.610. The molecule has 1 aromatic rings. The van der Waals surface area contributed by atoms with E-state index in [1.54, 1.807) is 0 Å². The van der Waals surface area contributed by atoms with Crippen LogP contribution in [0.5, 0.6) is 0 Å². The summed E-state index contributed by atoms with van der Waals surface area (Å²) in [6.45, 7) is 0. The summed E-state index contributed by atoms with van der Waals surface area (Å²) in [5.41, 5.74) is 9.68. The molecule has 2 aliphatic carbocycles. The largest absolute Gasteiger partial charge is 0.325 e. The lowest BCUT2D eigenvalue weighted by atomic mass is 10.1. The van der Waals surface area contributed by atoms with Gasteiger partial charge in [0, 0.05) is 16.3 Å². The van der Waals surface area contributed by atoms with E-state index < -0.39 is 0 Å².